The van der Waals surface area contributed by atoms with Crippen molar-refractivity contribution in [2.45, 2.75) is 18.4 Å². The average molecular weight is 275 g/mol. The molecule has 1 aliphatic rings. The number of aliphatic hydroxyl groups is 1. The Hall–Kier alpha value is -0.520. The molecule has 2 N–H and O–H groups in total. The molecule has 0 aromatic carbocycles. The van der Waals surface area contributed by atoms with Crippen molar-refractivity contribution in [3.63, 3.8) is 0 Å². The zero-order valence-electron chi connectivity index (χ0n) is 8.13. The molecule has 0 aliphatic carbocycles. The predicted octanol–water partition coefficient (Wildman–Crippen LogP) is 1.55. The molecule has 0 radical (unpaired) electrons. The van der Waals surface area contributed by atoms with E-state index in [1.165, 1.54) is 12.3 Å². The summed E-state index contributed by atoms with van der Waals surface area (Å²) < 4.78 is 14.2. The Labute approximate surface area is 95.8 Å². The van der Waals surface area contributed by atoms with Crippen LogP contribution in [0, 0.1) is 5.82 Å². The number of nitrogens with one attached hydrogen (secondary N) is 1. The number of piperidine rings is 1. The van der Waals surface area contributed by atoms with E-state index in [2.05, 4.69) is 26.2 Å². The largest absolute Gasteiger partial charge is 0.383 e. The topological polar surface area (TPSA) is 45.2 Å². The fourth-order valence-corrected chi connectivity index (χ4v) is 2.14. The zero-order chi connectivity index (χ0) is 10.9. The van der Waals surface area contributed by atoms with Crippen LogP contribution < -0.4 is 5.32 Å². The van der Waals surface area contributed by atoms with Gasteiger partial charge in [-0.05, 0) is 47.9 Å². The minimum Gasteiger partial charge on any atom is -0.383 e. The van der Waals surface area contributed by atoms with Gasteiger partial charge in [-0.15, -0.1) is 0 Å². The Balaban J connectivity index is 2.35. The van der Waals surface area contributed by atoms with Crippen LogP contribution in [-0.2, 0) is 5.60 Å². The van der Waals surface area contributed by atoms with Gasteiger partial charge in [0.1, 0.15) is 17.1 Å². The first kappa shape index (κ1) is 11.0. The number of hydrogen-bond acceptors (Lipinski definition) is 3. The summed E-state index contributed by atoms with van der Waals surface area (Å²) in [5.74, 6) is -0.450. The molecule has 1 aromatic rings. The standard InChI is InChI=1S/C10H12BrFN2O/c11-7-5-8(12)9(14-6-7)10(15)1-3-13-4-2-10/h5-6,13,15H,1-4H2. The summed E-state index contributed by atoms with van der Waals surface area (Å²) in [6.45, 7) is 1.38. The second-order valence-electron chi connectivity index (χ2n) is 3.77. The molecule has 2 heterocycles. The van der Waals surface area contributed by atoms with Crippen molar-refractivity contribution in [1.82, 2.24) is 10.3 Å². The van der Waals surface area contributed by atoms with Gasteiger partial charge in [-0.2, -0.15) is 0 Å². The van der Waals surface area contributed by atoms with Crippen LogP contribution in [0.25, 0.3) is 0 Å². The molecule has 1 fully saturated rings. The van der Waals surface area contributed by atoms with E-state index >= 15 is 0 Å². The molecular formula is C10H12BrFN2O. The lowest BCUT2D eigenvalue weighted by atomic mass is 9.88. The molecule has 2 rings (SSSR count). The number of nitrogens with zero attached hydrogens (tertiary/aromatic N) is 1. The number of halogens is 2. The minimum atomic E-state index is -1.12. The Bertz CT molecular complexity index is 366. The lowest BCUT2D eigenvalue weighted by Crippen LogP contribution is -2.40. The van der Waals surface area contributed by atoms with Crippen molar-refractivity contribution < 1.29 is 9.50 Å². The Morgan fingerprint density at radius 1 is 1.47 bits per heavy atom. The van der Waals surface area contributed by atoms with Crippen molar-refractivity contribution >= 4 is 15.9 Å². The first-order valence-corrected chi connectivity index (χ1v) is 5.66. The average Bonchev–Trinajstić information content (AvgIpc) is 2.18. The highest BCUT2D eigenvalue weighted by atomic mass is 79.9. The maximum atomic E-state index is 13.6. The molecule has 5 heteroatoms. The number of pyridine rings is 1. The first-order valence-electron chi connectivity index (χ1n) is 4.86. The monoisotopic (exact) mass is 274 g/mol. The molecule has 15 heavy (non-hydrogen) atoms. The van der Waals surface area contributed by atoms with Gasteiger partial charge in [0.05, 0.1) is 0 Å². The van der Waals surface area contributed by atoms with Gasteiger partial charge >= 0.3 is 0 Å². The fourth-order valence-electron chi connectivity index (χ4n) is 1.83. The second kappa shape index (κ2) is 4.15. The van der Waals surface area contributed by atoms with Crippen LogP contribution in [-0.4, -0.2) is 23.2 Å². The van der Waals surface area contributed by atoms with Gasteiger partial charge in [0.15, 0.2) is 0 Å². The van der Waals surface area contributed by atoms with Gasteiger partial charge in [-0.3, -0.25) is 4.98 Å². The van der Waals surface area contributed by atoms with Crippen LogP contribution in [0.1, 0.15) is 18.5 Å². The van der Waals surface area contributed by atoms with Crippen LogP contribution in [0.3, 0.4) is 0 Å². The first-order chi connectivity index (χ1) is 7.12. The summed E-state index contributed by atoms with van der Waals surface area (Å²) in [7, 11) is 0. The van der Waals surface area contributed by atoms with E-state index in [-0.39, 0.29) is 5.69 Å². The Morgan fingerprint density at radius 2 is 2.13 bits per heavy atom. The van der Waals surface area contributed by atoms with E-state index in [0.29, 0.717) is 30.4 Å². The van der Waals surface area contributed by atoms with Crippen molar-refractivity contribution in [3.05, 3.63) is 28.2 Å². The lowest BCUT2D eigenvalue weighted by Gasteiger charge is -2.32. The number of hydrogen-bond donors (Lipinski definition) is 2. The van der Waals surface area contributed by atoms with E-state index in [9.17, 15) is 9.50 Å². The predicted molar refractivity (Wildman–Crippen MR) is 57.9 cm³/mol. The van der Waals surface area contributed by atoms with E-state index < -0.39 is 11.4 Å². The number of aromatic nitrogens is 1. The molecule has 0 saturated carbocycles. The third kappa shape index (κ3) is 2.19. The molecular weight excluding hydrogens is 263 g/mol. The quantitative estimate of drug-likeness (QED) is 0.817. The van der Waals surface area contributed by atoms with Crippen molar-refractivity contribution in [3.8, 4) is 0 Å². The summed E-state index contributed by atoms with van der Waals surface area (Å²) in [4.78, 5) is 3.97. The van der Waals surface area contributed by atoms with Gasteiger partial charge in [-0.1, -0.05) is 0 Å². The molecule has 0 atom stereocenters. The summed E-state index contributed by atoms with van der Waals surface area (Å²) in [5.41, 5.74) is -0.956. The molecule has 0 bridgehead atoms. The summed E-state index contributed by atoms with van der Waals surface area (Å²) in [6.07, 6.45) is 2.51. The van der Waals surface area contributed by atoms with Crippen molar-refractivity contribution in [1.29, 1.82) is 0 Å². The summed E-state index contributed by atoms with van der Waals surface area (Å²) >= 11 is 3.14. The highest BCUT2D eigenvalue weighted by Crippen LogP contribution is 2.31. The Kier molecular flexibility index (Phi) is 3.04. The van der Waals surface area contributed by atoms with Crippen molar-refractivity contribution in [2.24, 2.45) is 0 Å². The molecule has 0 spiro atoms. The normalized spacial score (nSPS) is 20.2. The minimum absolute atomic E-state index is 0.159. The molecule has 0 amide bonds. The van der Waals surface area contributed by atoms with E-state index in [1.54, 1.807) is 0 Å². The van der Waals surface area contributed by atoms with Crippen LogP contribution in [0.2, 0.25) is 0 Å². The molecule has 3 nitrogen and oxygen atoms in total. The van der Waals surface area contributed by atoms with Gasteiger partial charge in [0, 0.05) is 10.7 Å². The lowest BCUT2D eigenvalue weighted by molar-refractivity contribution is -0.00158. The SMILES string of the molecule is OC1(c2ncc(Br)cc2F)CCNCC1. The van der Waals surface area contributed by atoms with Gasteiger partial charge in [0.25, 0.3) is 0 Å². The van der Waals surface area contributed by atoms with Crippen molar-refractivity contribution in [2.75, 3.05) is 13.1 Å². The maximum absolute atomic E-state index is 13.6. The van der Waals surface area contributed by atoms with Gasteiger partial charge in [-0.25, -0.2) is 4.39 Å². The third-order valence-corrected chi connectivity index (χ3v) is 3.11. The highest BCUT2D eigenvalue weighted by molar-refractivity contribution is 9.10. The smallest absolute Gasteiger partial charge is 0.148 e. The van der Waals surface area contributed by atoms with Crippen LogP contribution in [0.15, 0.2) is 16.7 Å². The van der Waals surface area contributed by atoms with Gasteiger partial charge < -0.3 is 10.4 Å². The van der Waals surface area contributed by atoms with E-state index in [1.807, 2.05) is 0 Å². The third-order valence-electron chi connectivity index (χ3n) is 2.68. The number of rotatable bonds is 1. The van der Waals surface area contributed by atoms with E-state index in [4.69, 9.17) is 0 Å². The second-order valence-corrected chi connectivity index (χ2v) is 4.68. The van der Waals surface area contributed by atoms with Crippen LogP contribution in [0.4, 0.5) is 4.39 Å². The zero-order valence-corrected chi connectivity index (χ0v) is 9.72. The molecule has 82 valence electrons. The van der Waals surface area contributed by atoms with Crippen LogP contribution >= 0.6 is 15.9 Å². The van der Waals surface area contributed by atoms with Crippen LogP contribution in [0.5, 0.6) is 0 Å². The summed E-state index contributed by atoms with van der Waals surface area (Å²) in [5, 5.41) is 13.4. The fraction of sp³-hybridized carbons (Fsp3) is 0.500. The molecule has 1 aromatic heterocycles. The Morgan fingerprint density at radius 3 is 2.73 bits per heavy atom. The molecule has 0 unspecified atom stereocenters. The van der Waals surface area contributed by atoms with E-state index in [0.717, 1.165) is 0 Å². The van der Waals surface area contributed by atoms with Gasteiger partial charge in [0.2, 0.25) is 0 Å². The maximum Gasteiger partial charge on any atom is 0.148 e. The molecule has 1 aliphatic heterocycles. The summed E-state index contributed by atoms with van der Waals surface area (Å²) in [6, 6.07) is 1.34. The highest BCUT2D eigenvalue weighted by Gasteiger charge is 2.35. The molecule has 1 saturated heterocycles.